The summed E-state index contributed by atoms with van der Waals surface area (Å²) in [6, 6.07) is 0. The number of rotatable bonds is 2. The zero-order valence-corrected chi connectivity index (χ0v) is 10.5. The SMILES string of the molecule is CC(C)C[C@H]1OCC2(C=CCC=C2)[C@H](C)O1. The van der Waals surface area contributed by atoms with Gasteiger partial charge in [0, 0.05) is 6.42 Å². The molecule has 2 atom stereocenters. The third kappa shape index (κ3) is 2.38. The van der Waals surface area contributed by atoms with Crippen LogP contribution < -0.4 is 0 Å². The smallest absolute Gasteiger partial charge is 0.158 e. The molecule has 2 nitrogen and oxygen atoms in total. The Bertz CT molecular complexity index is 279. The Morgan fingerprint density at radius 3 is 2.56 bits per heavy atom. The number of hydrogen-bond donors (Lipinski definition) is 0. The lowest BCUT2D eigenvalue weighted by molar-refractivity contribution is -0.245. The molecule has 0 N–H and O–H groups in total. The zero-order chi connectivity index (χ0) is 11.6. The average molecular weight is 222 g/mol. The molecule has 0 radical (unpaired) electrons. The fourth-order valence-electron chi connectivity index (χ4n) is 2.33. The van der Waals surface area contributed by atoms with Gasteiger partial charge < -0.3 is 9.47 Å². The molecule has 0 unspecified atom stereocenters. The summed E-state index contributed by atoms with van der Waals surface area (Å²) in [7, 11) is 0. The zero-order valence-electron chi connectivity index (χ0n) is 10.5. The molecular weight excluding hydrogens is 200 g/mol. The van der Waals surface area contributed by atoms with Gasteiger partial charge >= 0.3 is 0 Å². The van der Waals surface area contributed by atoms with Crippen molar-refractivity contribution < 1.29 is 9.47 Å². The maximum atomic E-state index is 5.97. The van der Waals surface area contributed by atoms with Crippen LogP contribution in [0, 0.1) is 11.3 Å². The minimum absolute atomic E-state index is 0.0221. The number of allylic oxidation sites excluding steroid dienone is 2. The van der Waals surface area contributed by atoms with Gasteiger partial charge in [-0.2, -0.15) is 0 Å². The summed E-state index contributed by atoms with van der Waals surface area (Å²) < 4.78 is 11.8. The van der Waals surface area contributed by atoms with E-state index in [9.17, 15) is 0 Å². The minimum Gasteiger partial charge on any atom is -0.351 e. The van der Waals surface area contributed by atoms with Crippen molar-refractivity contribution in [2.45, 2.75) is 46.0 Å². The molecule has 1 aliphatic carbocycles. The van der Waals surface area contributed by atoms with Crippen molar-refractivity contribution in [3.63, 3.8) is 0 Å². The highest BCUT2D eigenvalue weighted by Crippen LogP contribution is 2.37. The van der Waals surface area contributed by atoms with Crippen LogP contribution in [0.15, 0.2) is 24.3 Å². The Balaban J connectivity index is 2.00. The molecule has 1 heterocycles. The normalized spacial score (nSPS) is 32.5. The van der Waals surface area contributed by atoms with Crippen LogP contribution >= 0.6 is 0 Å². The first kappa shape index (κ1) is 11.9. The van der Waals surface area contributed by atoms with Crippen LogP contribution in [-0.2, 0) is 9.47 Å². The van der Waals surface area contributed by atoms with E-state index in [0.717, 1.165) is 19.4 Å². The Kier molecular flexibility index (Phi) is 3.50. The summed E-state index contributed by atoms with van der Waals surface area (Å²) in [5.74, 6) is 0.615. The van der Waals surface area contributed by atoms with Gasteiger partial charge in [-0.25, -0.2) is 0 Å². The van der Waals surface area contributed by atoms with E-state index in [1.54, 1.807) is 0 Å². The van der Waals surface area contributed by atoms with Gasteiger partial charge in [-0.15, -0.1) is 0 Å². The predicted octanol–water partition coefficient (Wildman–Crippen LogP) is 3.30. The maximum absolute atomic E-state index is 5.97. The predicted molar refractivity (Wildman–Crippen MR) is 65.1 cm³/mol. The Labute approximate surface area is 98.3 Å². The van der Waals surface area contributed by atoms with Gasteiger partial charge in [0.1, 0.15) is 0 Å². The molecule has 2 aliphatic rings. The quantitative estimate of drug-likeness (QED) is 0.667. The second-order valence-electron chi connectivity index (χ2n) is 5.30. The first-order chi connectivity index (χ1) is 7.62. The van der Waals surface area contributed by atoms with E-state index in [2.05, 4.69) is 45.1 Å². The van der Waals surface area contributed by atoms with Crippen molar-refractivity contribution in [1.82, 2.24) is 0 Å². The molecule has 1 saturated heterocycles. The van der Waals surface area contributed by atoms with Gasteiger partial charge in [0.05, 0.1) is 18.1 Å². The Morgan fingerprint density at radius 2 is 2.00 bits per heavy atom. The highest BCUT2D eigenvalue weighted by atomic mass is 16.7. The molecule has 0 amide bonds. The molecule has 90 valence electrons. The van der Waals surface area contributed by atoms with Crippen molar-refractivity contribution in [3.05, 3.63) is 24.3 Å². The van der Waals surface area contributed by atoms with Crippen molar-refractivity contribution in [2.75, 3.05) is 6.61 Å². The van der Waals surface area contributed by atoms with E-state index in [0.29, 0.717) is 5.92 Å². The summed E-state index contributed by atoms with van der Waals surface area (Å²) >= 11 is 0. The molecule has 2 heteroatoms. The Hall–Kier alpha value is -0.600. The van der Waals surface area contributed by atoms with Gasteiger partial charge in [-0.1, -0.05) is 38.2 Å². The van der Waals surface area contributed by atoms with Crippen LogP contribution in [0.5, 0.6) is 0 Å². The van der Waals surface area contributed by atoms with Crippen molar-refractivity contribution >= 4 is 0 Å². The van der Waals surface area contributed by atoms with Crippen LogP contribution in [0.4, 0.5) is 0 Å². The number of hydrogen-bond acceptors (Lipinski definition) is 2. The third-order valence-corrected chi connectivity index (χ3v) is 3.42. The molecule has 0 bridgehead atoms. The van der Waals surface area contributed by atoms with Crippen molar-refractivity contribution in [2.24, 2.45) is 11.3 Å². The first-order valence-electron chi connectivity index (χ1n) is 6.25. The van der Waals surface area contributed by atoms with Gasteiger partial charge in [-0.05, 0) is 19.3 Å². The van der Waals surface area contributed by atoms with Crippen LogP contribution in [0.3, 0.4) is 0 Å². The summed E-state index contributed by atoms with van der Waals surface area (Å²) in [5, 5.41) is 0. The number of ether oxygens (including phenoxy) is 2. The second-order valence-corrected chi connectivity index (χ2v) is 5.30. The van der Waals surface area contributed by atoms with Gasteiger partial charge in [0.25, 0.3) is 0 Å². The topological polar surface area (TPSA) is 18.5 Å². The largest absolute Gasteiger partial charge is 0.351 e. The molecule has 0 aromatic carbocycles. The average Bonchev–Trinajstić information content (AvgIpc) is 2.25. The van der Waals surface area contributed by atoms with Crippen molar-refractivity contribution in [1.29, 1.82) is 0 Å². The van der Waals surface area contributed by atoms with E-state index in [-0.39, 0.29) is 17.8 Å². The lowest BCUT2D eigenvalue weighted by Gasteiger charge is -2.42. The molecule has 0 aromatic heterocycles. The molecule has 1 aliphatic heterocycles. The van der Waals surface area contributed by atoms with Gasteiger partial charge in [0.15, 0.2) is 6.29 Å². The first-order valence-corrected chi connectivity index (χ1v) is 6.25. The molecule has 1 fully saturated rings. The van der Waals surface area contributed by atoms with Crippen molar-refractivity contribution in [3.8, 4) is 0 Å². The summed E-state index contributed by atoms with van der Waals surface area (Å²) in [5.41, 5.74) is -0.0221. The maximum Gasteiger partial charge on any atom is 0.158 e. The lowest BCUT2D eigenvalue weighted by Crippen LogP contribution is -2.46. The van der Waals surface area contributed by atoms with Crippen LogP contribution in [-0.4, -0.2) is 19.0 Å². The second kappa shape index (κ2) is 4.72. The molecule has 0 aromatic rings. The summed E-state index contributed by atoms with van der Waals surface area (Å²) in [6.07, 6.45) is 11.1. The Morgan fingerprint density at radius 1 is 1.31 bits per heavy atom. The van der Waals surface area contributed by atoms with E-state index < -0.39 is 0 Å². The minimum atomic E-state index is -0.0237. The van der Waals surface area contributed by atoms with E-state index >= 15 is 0 Å². The van der Waals surface area contributed by atoms with E-state index in [1.807, 2.05) is 0 Å². The van der Waals surface area contributed by atoms with E-state index in [1.165, 1.54) is 0 Å². The third-order valence-electron chi connectivity index (χ3n) is 3.42. The lowest BCUT2D eigenvalue weighted by atomic mass is 9.79. The standard InChI is InChI=1S/C14H22O2/c1-11(2)9-13-15-10-14(12(3)16-13)7-5-4-6-8-14/h5-8,11-13H,4,9-10H2,1-3H3/t12-,13-/m0/s1. The monoisotopic (exact) mass is 222 g/mol. The summed E-state index contributed by atoms with van der Waals surface area (Å²) in [4.78, 5) is 0. The molecule has 16 heavy (non-hydrogen) atoms. The van der Waals surface area contributed by atoms with Gasteiger partial charge in [0.2, 0.25) is 0 Å². The molecule has 1 spiro atoms. The van der Waals surface area contributed by atoms with Crippen LogP contribution in [0.1, 0.15) is 33.6 Å². The van der Waals surface area contributed by atoms with Crippen LogP contribution in [0.25, 0.3) is 0 Å². The fraction of sp³-hybridized carbons (Fsp3) is 0.714. The van der Waals surface area contributed by atoms with Crippen LogP contribution in [0.2, 0.25) is 0 Å². The highest BCUT2D eigenvalue weighted by molar-refractivity contribution is 5.20. The fourth-order valence-corrected chi connectivity index (χ4v) is 2.33. The van der Waals surface area contributed by atoms with Gasteiger partial charge in [-0.3, -0.25) is 0 Å². The molecule has 2 rings (SSSR count). The highest BCUT2D eigenvalue weighted by Gasteiger charge is 2.39. The summed E-state index contributed by atoms with van der Waals surface area (Å²) in [6.45, 7) is 7.29. The van der Waals surface area contributed by atoms with E-state index in [4.69, 9.17) is 9.47 Å². The molecule has 0 saturated carbocycles. The molecular formula is C14H22O2.